The highest BCUT2D eigenvalue weighted by Gasteiger charge is 2.17. The van der Waals surface area contributed by atoms with E-state index in [2.05, 4.69) is 0 Å². The average molecular weight is 575 g/mol. The van der Waals surface area contributed by atoms with E-state index in [0.29, 0.717) is 118 Å². The molecule has 12 heteroatoms. The van der Waals surface area contributed by atoms with E-state index in [9.17, 15) is 9.59 Å². The van der Waals surface area contributed by atoms with E-state index in [1.807, 2.05) is 6.92 Å². The zero-order valence-electron chi connectivity index (χ0n) is 23.7. The monoisotopic (exact) mass is 574 g/mol. The molecule has 0 N–H and O–H groups in total. The van der Waals surface area contributed by atoms with Gasteiger partial charge in [-0.15, -0.1) is 0 Å². The number of hydrogen-bond acceptors (Lipinski definition) is 12. The van der Waals surface area contributed by atoms with Gasteiger partial charge < -0.3 is 47.4 Å². The lowest BCUT2D eigenvalue weighted by atomic mass is 10.1. The lowest BCUT2D eigenvalue weighted by Gasteiger charge is -2.09. The Hall–Kier alpha value is -2.00. The van der Waals surface area contributed by atoms with Gasteiger partial charge in [0.1, 0.15) is 6.61 Å². The van der Waals surface area contributed by atoms with E-state index in [1.54, 1.807) is 30.3 Å². The number of esters is 1. The molecule has 1 rings (SSSR count). The maximum absolute atomic E-state index is 11.9. The Morgan fingerprint density at radius 2 is 0.750 bits per heavy atom. The van der Waals surface area contributed by atoms with E-state index >= 15 is 0 Å². The van der Waals surface area contributed by atoms with Gasteiger partial charge >= 0.3 is 5.97 Å². The predicted molar refractivity (Wildman–Crippen MR) is 145 cm³/mol. The van der Waals surface area contributed by atoms with E-state index in [-0.39, 0.29) is 13.2 Å². The van der Waals surface area contributed by atoms with Crippen LogP contribution in [0.25, 0.3) is 0 Å². The first-order valence-electron chi connectivity index (χ1n) is 13.7. The molecule has 0 saturated carbocycles. The van der Waals surface area contributed by atoms with E-state index in [4.69, 9.17) is 47.4 Å². The third kappa shape index (κ3) is 22.8. The molecule has 0 fully saturated rings. The van der Waals surface area contributed by atoms with Crippen LogP contribution in [0.5, 0.6) is 0 Å². The molecule has 230 valence electrons. The van der Waals surface area contributed by atoms with Gasteiger partial charge in [-0.25, -0.2) is 4.79 Å². The highest BCUT2D eigenvalue weighted by molar-refractivity contribution is 6.40. The minimum Gasteiger partial charge on any atom is -0.457 e. The van der Waals surface area contributed by atoms with Crippen molar-refractivity contribution in [3.05, 3.63) is 35.9 Å². The fourth-order valence-corrected chi connectivity index (χ4v) is 2.87. The molecule has 0 aliphatic carbocycles. The molecule has 40 heavy (non-hydrogen) atoms. The Labute approximate surface area is 237 Å². The van der Waals surface area contributed by atoms with Crippen molar-refractivity contribution in [3.63, 3.8) is 0 Å². The Morgan fingerprint density at radius 3 is 1.07 bits per heavy atom. The highest BCUT2D eigenvalue weighted by atomic mass is 16.6. The van der Waals surface area contributed by atoms with Crippen LogP contribution >= 0.6 is 0 Å². The molecule has 0 radical (unpaired) electrons. The molecule has 0 aromatic heterocycles. The number of hydrogen-bond donors (Lipinski definition) is 0. The smallest absolute Gasteiger partial charge is 0.379 e. The molecule has 0 unspecified atom stereocenters. The molecule has 1 aromatic carbocycles. The lowest BCUT2D eigenvalue weighted by molar-refractivity contribution is -0.139. The van der Waals surface area contributed by atoms with E-state index in [1.165, 1.54) is 0 Å². The summed E-state index contributed by atoms with van der Waals surface area (Å²) in [5, 5.41) is 0. The van der Waals surface area contributed by atoms with Gasteiger partial charge in [-0.2, -0.15) is 0 Å². The Bertz CT molecular complexity index is 704. The van der Waals surface area contributed by atoms with E-state index in [0.717, 1.165) is 0 Å². The molecule has 0 spiro atoms. The molecule has 0 aliphatic rings. The lowest BCUT2D eigenvalue weighted by Crippen LogP contribution is -2.20. The summed E-state index contributed by atoms with van der Waals surface area (Å²) < 4.78 is 53.3. The number of ether oxygens (including phenoxy) is 10. The minimum absolute atomic E-state index is 0.00188. The second kappa shape index (κ2) is 28.5. The first-order valence-corrected chi connectivity index (χ1v) is 13.7. The van der Waals surface area contributed by atoms with Crippen LogP contribution in [0.2, 0.25) is 0 Å². The van der Waals surface area contributed by atoms with Crippen LogP contribution in [0.4, 0.5) is 0 Å². The van der Waals surface area contributed by atoms with Gasteiger partial charge in [-0.1, -0.05) is 30.3 Å². The van der Waals surface area contributed by atoms with Crippen molar-refractivity contribution in [2.24, 2.45) is 0 Å². The Balaban J connectivity index is 1.69. The topological polar surface area (TPSA) is 126 Å². The zero-order chi connectivity index (χ0) is 28.8. The molecule has 0 amide bonds. The van der Waals surface area contributed by atoms with Crippen LogP contribution < -0.4 is 0 Å². The van der Waals surface area contributed by atoms with Crippen molar-refractivity contribution in [1.82, 2.24) is 0 Å². The third-order valence-corrected chi connectivity index (χ3v) is 4.86. The summed E-state index contributed by atoms with van der Waals surface area (Å²) >= 11 is 0. The van der Waals surface area contributed by atoms with Crippen LogP contribution in [-0.2, 0) is 52.2 Å². The maximum atomic E-state index is 11.9. The Kier molecular flexibility index (Phi) is 25.7. The van der Waals surface area contributed by atoms with Gasteiger partial charge in [0.25, 0.3) is 5.78 Å². The fourth-order valence-electron chi connectivity index (χ4n) is 2.87. The van der Waals surface area contributed by atoms with Gasteiger partial charge in [0.05, 0.1) is 112 Å². The summed E-state index contributed by atoms with van der Waals surface area (Å²) in [5.74, 6) is -1.57. The molecule has 12 nitrogen and oxygen atoms in total. The van der Waals surface area contributed by atoms with Crippen LogP contribution in [0.3, 0.4) is 0 Å². The van der Waals surface area contributed by atoms with Crippen molar-refractivity contribution >= 4 is 11.8 Å². The van der Waals surface area contributed by atoms with Gasteiger partial charge in [-0.3, -0.25) is 4.79 Å². The van der Waals surface area contributed by atoms with E-state index < -0.39 is 11.8 Å². The first kappa shape index (κ1) is 36.0. The Morgan fingerprint density at radius 1 is 0.450 bits per heavy atom. The second-order valence-electron chi connectivity index (χ2n) is 7.93. The summed E-state index contributed by atoms with van der Waals surface area (Å²) in [7, 11) is 0. The number of rotatable bonds is 30. The first-order chi connectivity index (χ1) is 19.8. The van der Waals surface area contributed by atoms with Crippen molar-refractivity contribution in [3.8, 4) is 0 Å². The standard InChI is InChI=1S/C28H46O12/c1-2-31-8-9-32-10-11-33-12-13-34-14-15-35-16-17-36-18-19-37-20-21-38-22-23-39-24-25-40-28(30)27(29)26-6-4-3-5-7-26/h3-7H,2,8-25H2,1H3. The average Bonchev–Trinajstić information content (AvgIpc) is 2.98. The molecular formula is C28H46O12. The van der Waals surface area contributed by atoms with Gasteiger partial charge in [0.15, 0.2) is 0 Å². The number of ketones is 1. The molecule has 0 heterocycles. The SMILES string of the molecule is CCOCCOCCOCCOCCOCCOCCOCCOCCOCCOC(=O)C(=O)c1ccccc1. The summed E-state index contributed by atoms with van der Waals surface area (Å²) in [6.07, 6.45) is 0. The molecule has 1 aromatic rings. The summed E-state index contributed by atoms with van der Waals surface area (Å²) in [6.45, 7) is 10.7. The second-order valence-corrected chi connectivity index (χ2v) is 7.93. The van der Waals surface area contributed by atoms with Crippen molar-refractivity contribution in [1.29, 1.82) is 0 Å². The summed E-state index contributed by atoms with van der Waals surface area (Å²) in [4.78, 5) is 23.6. The highest BCUT2D eigenvalue weighted by Crippen LogP contribution is 2.01. The summed E-state index contributed by atoms with van der Waals surface area (Å²) in [6, 6.07) is 8.26. The van der Waals surface area contributed by atoms with Gasteiger partial charge in [0, 0.05) is 12.2 Å². The summed E-state index contributed by atoms with van der Waals surface area (Å²) in [5.41, 5.74) is 0.298. The van der Waals surface area contributed by atoms with Crippen molar-refractivity contribution in [2.45, 2.75) is 6.92 Å². The molecule has 0 atom stereocenters. The van der Waals surface area contributed by atoms with Crippen LogP contribution in [-0.4, -0.2) is 137 Å². The number of benzene rings is 1. The third-order valence-electron chi connectivity index (χ3n) is 4.86. The normalized spacial score (nSPS) is 11.1. The van der Waals surface area contributed by atoms with Crippen LogP contribution in [0, 0.1) is 0 Å². The van der Waals surface area contributed by atoms with Gasteiger partial charge in [-0.05, 0) is 6.92 Å². The number of carbonyl (C=O) groups excluding carboxylic acids is 2. The number of Topliss-reactive ketones (excluding diaryl/α,β-unsaturated/α-hetero) is 1. The quantitative estimate of drug-likeness (QED) is 0.0573. The maximum Gasteiger partial charge on any atom is 0.379 e. The predicted octanol–water partition coefficient (Wildman–Crippen LogP) is 1.58. The zero-order valence-corrected chi connectivity index (χ0v) is 23.7. The van der Waals surface area contributed by atoms with Crippen molar-refractivity contribution in [2.75, 3.05) is 126 Å². The largest absolute Gasteiger partial charge is 0.457 e. The molecule has 0 saturated heterocycles. The molecular weight excluding hydrogens is 528 g/mol. The van der Waals surface area contributed by atoms with Crippen LogP contribution in [0.15, 0.2) is 30.3 Å². The molecule has 0 aliphatic heterocycles. The van der Waals surface area contributed by atoms with Gasteiger partial charge in [0.2, 0.25) is 0 Å². The van der Waals surface area contributed by atoms with Crippen molar-refractivity contribution < 1.29 is 57.0 Å². The number of carbonyl (C=O) groups is 2. The minimum atomic E-state index is -0.894. The van der Waals surface area contributed by atoms with Crippen LogP contribution in [0.1, 0.15) is 17.3 Å². The molecule has 0 bridgehead atoms. The fraction of sp³-hybridized carbons (Fsp3) is 0.714.